The lowest BCUT2D eigenvalue weighted by atomic mass is 10.2. The minimum Gasteiger partial charge on any atom is -0.481 e. The second kappa shape index (κ2) is 7.24. The number of thiazole rings is 1. The van der Waals surface area contributed by atoms with Gasteiger partial charge in [0.15, 0.2) is 5.13 Å². The Hall–Kier alpha value is -1.14. The third kappa shape index (κ3) is 5.14. The van der Waals surface area contributed by atoms with Crippen molar-refractivity contribution in [3.05, 3.63) is 11.1 Å². The quantitative estimate of drug-likeness (QED) is 0.718. The number of aliphatic carboxylic acids is 1. The molecule has 0 amide bonds. The van der Waals surface area contributed by atoms with Crippen molar-refractivity contribution in [3.8, 4) is 0 Å². The Bertz CT molecular complexity index is 354. The summed E-state index contributed by atoms with van der Waals surface area (Å²) in [5.41, 5.74) is 0.853. The van der Waals surface area contributed by atoms with Crippen molar-refractivity contribution < 1.29 is 14.6 Å². The van der Waals surface area contributed by atoms with E-state index >= 15 is 0 Å². The van der Waals surface area contributed by atoms with Gasteiger partial charge in [0.25, 0.3) is 0 Å². The van der Waals surface area contributed by atoms with Crippen LogP contribution in [0.25, 0.3) is 0 Å². The van der Waals surface area contributed by atoms with E-state index in [0.717, 1.165) is 30.4 Å². The van der Waals surface area contributed by atoms with Gasteiger partial charge in [-0.3, -0.25) is 4.79 Å². The summed E-state index contributed by atoms with van der Waals surface area (Å²) in [5.74, 6) is -0.784. The van der Waals surface area contributed by atoms with Gasteiger partial charge in [-0.05, 0) is 6.42 Å². The number of ether oxygens (including phenoxy) is 1. The van der Waals surface area contributed by atoms with Crippen molar-refractivity contribution in [2.45, 2.75) is 19.3 Å². The monoisotopic (exact) mass is 258 g/mol. The van der Waals surface area contributed by atoms with Crippen LogP contribution < -0.4 is 4.90 Å². The highest BCUT2D eigenvalue weighted by Crippen LogP contribution is 2.20. The Kier molecular flexibility index (Phi) is 5.93. The molecule has 0 saturated carbocycles. The summed E-state index contributed by atoms with van der Waals surface area (Å²) in [4.78, 5) is 16.9. The first-order chi connectivity index (χ1) is 8.13. The number of hydrogen-bond donors (Lipinski definition) is 1. The van der Waals surface area contributed by atoms with Crippen molar-refractivity contribution >= 4 is 22.4 Å². The molecule has 1 N–H and O–H groups in total. The van der Waals surface area contributed by atoms with Crippen LogP contribution in [0.2, 0.25) is 0 Å². The number of aryl methyl sites for hydroxylation is 1. The van der Waals surface area contributed by atoms with Crippen LogP contribution in [0.5, 0.6) is 0 Å². The topological polar surface area (TPSA) is 62.7 Å². The third-order valence-electron chi connectivity index (χ3n) is 2.30. The lowest BCUT2D eigenvalue weighted by Crippen LogP contribution is -2.19. The average molecular weight is 258 g/mol. The van der Waals surface area contributed by atoms with Gasteiger partial charge < -0.3 is 14.7 Å². The maximum Gasteiger partial charge on any atom is 0.303 e. The number of carboxylic acid groups (broad SMARTS) is 1. The van der Waals surface area contributed by atoms with Gasteiger partial charge in [-0.2, -0.15) is 0 Å². The van der Waals surface area contributed by atoms with Crippen LogP contribution in [0.15, 0.2) is 5.38 Å². The van der Waals surface area contributed by atoms with E-state index in [1.807, 2.05) is 12.4 Å². The number of methoxy groups -OCH3 is 1. The standard InChI is InChI=1S/C11H18N2O3S/c1-13(6-3-7-16-2)11-12-9(8-17-11)4-5-10(14)15/h8H,3-7H2,1-2H3,(H,14,15). The summed E-state index contributed by atoms with van der Waals surface area (Å²) in [5, 5.41) is 11.4. The van der Waals surface area contributed by atoms with Crippen LogP contribution in [0.4, 0.5) is 5.13 Å². The predicted octanol–water partition coefficient (Wildman–Crippen LogP) is 1.63. The van der Waals surface area contributed by atoms with Gasteiger partial charge in [0, 0.05) is 39.1 Å². The first kappa shape index (κ1) is 13.9. The van der Waals surface area contributed by atoms with Gasteiger partial charge in [0.2, 0.25) is 0 Å². The average Bonchev–Trinajstić information content (AvgIpc) is 2.75. The summed E-state index contributed by atoms with van der Waals surface area (Å²) >= 11 is 1.55. The Morgan fingerprint density at radius 1 is 1.65 bits per heavy atom. The summed E-state index contributed by atoms with van der Waals surface area (Å²) in [6.07, 6.45) is 1.59. The minimum atomic E-state index is -0.784. The predicted molar refractivity (Wildman–Crippen MR) is 67.8 cm³/mol. The van der Waals surface area contributed by atoms with Crippen molar-refractivity contribution in [2.75, 3.05) is 32.2 Å². The fraction of sp³-hybridized carbons (Fsp3) is 0.636. The Labute approximate surface area is 105 Å². The van der Waals surface area contributed by atoms with Crippen molar-refractivity contribution in [1.82, 2.24) is 4.98 Å². The molecule has 96 valence electrons. The molecule has 0 bridgehead atoms. The molecule has 0 aliphatic rings. The number of hydrogen-bond acceptors (Lipinski definition) is 5. The highest BCUT2D eigenvalue weighted by molar-refractivity contribution is 7.13. The molecule has 0 aromatic carbocycles. The number of carboxylic acids is 1. The van der Waals surface area contributed by atoms with Crippen LogP contribution in [0, 0.1) is 0 Å². The van der Waals surface area contributed by atoms with Gasteiger partial charge in [0.05, 0.1) is 12.1 Å². The first-order valence-electron chi connectivity index (χ1n) is 5.49. The number of anilines is 1. The Morgan fingerprint density at radius 2 is 2.41 bits per heavy atom. The van der Waals surface area contributed by atoms with Gasteiger partial charge in [-0.15, -0.1) is 11.3 Å². The zero-order valence-corrected chi connectivity index (χ0v) is 11.0. The van der Waals surface area contributed by atoms with Crippen LogP contribution >= 0.6 is 11.3 Å². The highest BCUT2D eigenvalue weighted by atomic mass is 32.1. The van der Waals surface area contributed by atoms with Crippen LogP contribution in [0.3, 0.4) is 0 Å². The molecule has 6 heteroatoms. The summed E-state index contributed by atoms with van der Waals surface area (Å²) in [7, 11) is 3.67. The molecule has 0 atom stereocenters. The van der Waals surface area contributed by atoms with Gasteiger partial charge in [0.1, 0.15) is 0 Å². The summed E-state index contributed by atoms with van der Waals surface area (Å²) in [6.45, 7) is 1.63. The number of carbonyl (C=O) groups is 1. The molecular weight excluding hydrogens is 240 g/mol. The molecule has 0 radical (unpaired) electrons. The SMILES string of the molecule is COCCCN(C)c1nc(CCC(=O)O)cs1. The second-order valence-electron chi connectivity index (χ2n) is 3.78. The van der Waals surface area contributed by atoms with E-state index in [-0.39, 0.29) is 6.42 Å². The zero-order chi connectivity index (χ0) is 12.7. The second-order valence-corrected chi connectivity index (χ2v) is 4.62. The van der Waals surface area contributed by atoms with Gasteiger partial charge in [-0.25, -0.2) is 4.98 Å². The fourth-order valence-corrected chi connectivity index (χ4v) is 2.22. The van der Waals surface area contributed by atoms with Crippen LogP contribution in [0.1, 0.15) is 18.5 Å². The number of aromatic nitrogens is 1. The van der Waals surface area contributed by atoms with E-state index in [9.17, 15) is 4.79 Å². The number of rotatable bonds is 8. The lowest BCUT2D eigenvalue weighted by molar-refractivity contribution is -0.136. The minimum absolute atomic E-state index is 0.135. The maximum absolute atomic E-state index is 10.4. The Morgan fingerprint density at radius 3 is 3.06 bits per heavy atom. The van der Waals surface area contributed by atoms with Gasteiger partial charge >= 0.3 is 5.97 Å². The molecule has 0 spiro atoms. The van der Waals surface area contributed by atoms with Crippen LogP contribution in [-0.2, 0) is 16.0 Å². The molecule has 0 fully saturated rings. The molecule has 0 unspecified atom stereocenters. The molecule has 0 aliphatic heterocycles. The highest BCUT2D eigenvalue weighted by Gasteiger charge is 2.08. The van der Waals surface area contributed by atoms with E-state index in [1.54, 1.807) is 18.4 Å². The molecule has 0 saturated heterocycles. The molecular formula is C11H18N2O3S. The summed E-state index contributed by atoms with van der Waals surface area (Å²) in [6, 6.07) is 0. The normalized spacial score (nSPS) is 10.5. The molecule has 1 aromatic heterocycles. The van der Waals surface area contributed by atoms with Crippen molar-refractivity contribution in [2.24, 2.45) is 0 Å². The molecule has 17 heavy (non-hydrogen) atoms. The lowest BCUT2D eigenvalue weighted by Gasteiger charge is -2.14. The van der Waals surface area contributed by atoms with Crippen molar-refractivity contribution in [3.63, 3.8) is 0 Å². The largest absolute Gasteiger partial charge is 0.481 e. The summed E-state index contributed by atoms with van der Waals surface area (Å²) < 4.78 is 4.99. The smallest absolute Gasteiger partial charge is 0.303 e. The zero-order valence-electron chi connectivity index (χ0n) is 10.2. The van der Waals surface area contributed by atoms with E-state index in [4.69, 9.17) is 9.84 Å². The third-order valence-corrected chi connectivity index (χ3v) is 3.31. The van der Waals surface area contributed by atoms with E-state index in [0.29, 0.717) is 6.42 Å². The number of nitrogens with zero attached hydrogens (tertiary/aromatic N) is 2. The van der Waals surface area contributed by atoms with Crippen LogP contribution in [-0.4, -0.2) is 43.4 Å². The molecule has 1 rings (SSSR count). The van der Waals surface area contributed by atoms with E-state index in [2.05, 4.69) is 9.88 Å². The molecule has 5 nitrogen and oxygen atoms in total. The van der Waals surface area contributed by atoms with E-state index < -0.39 is 5.97 Å². The van der Waals surface area contributed by atoms with Gasteiger partial charge in [-0.1, -0.05) is 0 Å². The maximum atomic E-state index is 10.4. The fourth-order valence-electron chi connectivity index (χ4n) is 1.36. The molecule has 1 heterocycles. The first-order valence-corrected chi connectivity index (χ1v) is 6.37. The van der Waals surface area contributed by atoms with E-state index in [1.165, 1.54) is 0 Å². The molecule has 0 aliphatic carbocycles. The Balaban J connectivity index is 2.40. The van der Waals surface area contributed by atoms with Crippen molar-refractivity contribution in [1.29, 1.82) is 0 Å². The molecule has 1 aromatic rings.